The zero-order valence-electron chi connectivity index (χ0n) is 12.0. The van der Waals surface area contributed by atoms with Gasteiger partial charge in [0.2, 0.25) is 0 Å². The molecule has 3 rings (SSSR count). The van der Waals surface area contributed by atoms with E-state index < -0.39 is 0 Å². The lowest BCUT2D eigenvalue weighted by atomic mass is 9.84. The van der Waals surface area contributed by atoms with Crippen LogP contribution in [0.2, 0.25) is 0 Å². The molecule has 3 aliphatic rings. The molecule has 2 aliphatic heterocycles. The van der Waals surface area contributed by atoms with E-state index in [9.17, 15) is 5.26 Å². The molecule has 1 N–H and O–H groups in total. The molecule has 0 aromatic rings. The summed E-state index contributed by atoms with van der Waals surface area (Å²) in [6.07, 6.45) is 6.51. The number of nitrogens with zero attached hydrogens (tertiary/aromatic N) is 3. The zero-order chi connectivity index (χ0) is 13.2. The summed E-state index contributed by atoms with van der Waals surface area (Å²) in [6.45, 7) is 4.54. The lowest BCUT2D eigenvalue weighted by Crippen LogP contribution is -2.54. The van der Waals surface area contributed by atoms with Gasteiger partial charge in [0.15, 0.2) is 0 Å². The molecule has 106 valence electrons. The van der Waals surface area contributed by atoms with Crippen molar-refractivity contribution in [3.05, 3.63) is 0 Å². The first-order valence-electron chi connectivity index (χ1n) is 7.84. The number of likely N-dealkylation sites (tertiary alicyclic amines) is 2. The minimum absolute atomic E-state index is 0.0328. The molecule has 1 aliphatic carbocycles. The van der Waals surface area contributed by atoms with Crippen molar-refractivity contribution in [2.45, 2.75) is 50.2 Å². The van der Waals surface area contributed by atoms with Gasteiger partial charge in [-0.05, 0) is 58.2 Å². The summed E-state index contributed by atoms with van der Waals surface area (Å²) in [5.74, 6) is 0.827. The third kappa shape index (κ3) is 3.28. The summed E-state index contributed by atoms with van der Waals surface area (Å²) < 4.78 is 0. The molecule has 2 heterocycles. The Labute approximate surface area is 116 Å². The molecule has 0 aromatic heterocycles. The van der Waals surface area contributed by atoms with Crippen molar-refractivity contribution in [2.24, 2.45) is 5.92 Å². The van der Waals surface area contributed by atoms with Gasteiger partial charge in [0.05, 0.1) is 6.07 Å². The van der Waals surface area contributed by atoms with Crippen LogP contribution in [0.4, 0.5) is 0 Å². The lowest BCUT2D eigenvalue weighted by Gasteiger charge is -2.46. The predicted molar refractivity (Wildman–Crippen MR) is 75.8 cm³/mol. The van der Waals surface area contributed by atoms with E-state index in [0.29, 0.717) is 6.04 Å². The fourth-order valence-corrected chi connectivity index (χ4v) is 3.82. The lowest BCUT2D eigenvalue weighted by molar-refractivity contribution is 0.0369. The maximum absolute atomic E-state index is 9.26. The van der Waals surface area contributed by atoms with E-state index in [1.165, 1.54) is 45.2 Å². The molecule has 1 saturated carbocycles. The van der Waals surface area contributed by atoms with Crippen molar-refractivity contribution in [3.63, 3.8) is 0 Å². The summed E-state index contributed by atoms with van der Waals surface area (Å²) in [5, 5.41) is 12.7. The number of nitrogens with one attached hydrogen (secondary N) is 1. The van der Waals surface area contributed by atoms with E-state index in [-0.39, 0.29) is 6.04 Å². The van der Waals surface area contributed by atoms with Crippen molar-refractivity contribution in [1.82, 2.24) is 15.1 Å². The van der Waals surface area contributed by atoms with Gasteiger partial charge in [-0.3, -0.25) is 5.32 Å². The molecule has 4 nitrogen and oxygen atoms in total. The maximum atomic E-state index is 9.26. The van der Waals surface area contributed by atoms with Crippen LogP contribution < -0.4 is 5.32 Å². The first-order valence-corrected chi connectivity index (χ1v) is 7.84. The van der Waals surface area contributed by atoms with E-state index in [2.05, 4.69) is 28.2 Å². The van der Waals surface area contributed by atoms with E-state index in [0.717, 1.165) is 25.0 Å². The number of nitriles is 1. The van der Waals surface area contributed by atoms with Crippen molar-refractivity contribution in [1.29, 1.82) is 5.26 Å². The van der Waals surface area contributed by atoms with Crippen LogP contribution in [-0.4, -0.2) is 61.2 Å². The van der Waals surface area contributed by atoms with Gasteiger partial charge in [0.1, 0.15) is 6.04 Å². The third-order valence-electron chi connectivity index (χ3n) is 5.04. The van der Waals surface area contributed by atoms with Crippen LogP contribution in [0.15, 0.2) is 0 Å². The predicted octanol–water partition coefficient (Wildman–Crippen LogP) is 1.05. The Morgan fingerprint density at radius 2 is 2.11 bits per heavy atom. The summed E-state index contributed by atoms with van der Waals surface area (Å²) >= 11 is 0. The second-order valence-corrected chi connectivity index (χ2v) is 6.62. The molecule has 0 radical (unpaired) electrons. The molecule has 2 saturated heterocycles. The number of fused-ring (bicyclic) bond motifs is 1. The summed E-state index contributed by atoms with van der Waals surface area (Å²) in [5.41, 5.74) is 0. The van der Waals surface area contributed by atoms with E-state index in [4.69, 9.17) is 0 Å². The second-order valence-electron chi connectivity index (χ2n) is 6.62. The molecule has 19 heavy (non-hydrogen) atoms. The minimum atomic E-state index is 0.0328. The standard InChI is InChI=1S/C15H26N4/c1-18-7-2-3-12-10-19(8-6-15(12)18)11-14(9-16)17-13-4-5-13/h12-15,17H,2-8,10-11H2,1H3. The van der Waals surface area contributed by atoms with Gasteiger partial charge < -0.3 is 9.80 Å². The quantitative estimate of drug-likeness (QED) is 0.822. The highest BCUT2D eigenvalue weighted by Gasteiger charge is 2.35. The van der Waals surface area contributed by atoms with Crippen molar-refractivity contribution < 1.29 is 0 Å². The normalized spacial score (nSPS) is 34.5. The molecule has 0 spiro atoms. The molecule has 0 amide bonds. The number of rotatable bonds is 4. The fraction of sp³-hybridized carbons (Fsp3) is 0.933. The fourth-order valence-electron chi connectivity index (χ4n) is 3.82. The van der Waals surface area contributed by atoms with Gasteiger partial charge in [0.25, 0.3) is 0 Å². The smallest absolute Gasteiger partial charge is 0.108 e. The van der Waals surface area contributed by atoms with Crippen molar-refractivity contribution >= 4 is 0 Å². The van der Waals surface area contributed by atoms with Crippen LogP contribution in [0, 0.1) is 17.2 Å². The Hall–Kier alpha value is -0.630. The topological polar surface area (TPSA) is 42.3 Å². The molecule has 3 fully saturated rings. The Kier molecular flexibility index (Phi) is 4.07. The van der Waals surface area contributed by atoms with E-state index in [1.807, 2.05) is 0 Å². The average molecular weight is 262 g/mol. The summed E-state index contributed by atoms with van der Waals surface area (Å²) in [4.78, 5) is 5.07. The van der Waals surface area contributed by atoms with Crippen molar-refractivity contribution in [2.75, 3.05) is 33.2 Å². The molecule has 0 aromatic carbocycles. The number of hydrogen-bond donors (Lipinski definition) is 1. The van der Waals surface area contributed by atoms with Gasteiger partial charge >= 0.3 is 0 Å². The zero-order valence-corrected chi connectivity index (χ0v) is 12.0. The van der Waals surface area contributed by atoms with Gasteiger partial charge in [-0.25, -0.2) is 0 Å². The van der Waals surface area contributed by atoms with Crippen molar-refractivity contribution in [3.8, 4) is 6.07 Å². The highest BCUT2D eigenvalue weighted by Crippen LogP contribution is 2.29. The molecule has 4 heteroatoms. The Balaban J connectivity index is 1.51. The minimum Gasteiger partial charge on any atom is -0.303 e. The average Bonchev–Trinajstić information content (AvgIpc) is 3.22. The Morgan fingerprint density at radius 1 is 1.26 bits per heavy atom. The van der Waals surface area contributed by atoms with Gasteiger partial charge in [0, 0.05) is 25.2 Å². The van der Waals surface area contributed by atoms with Crippen LogP contribution in [0.1, 0.15) is 32.1 Å². The van der Waals surface area contributed by atoms with Crippen LogP contribution in [-0.2, 0) is 0 Å². The van der Waals surface area contributed by atoms with Crippen LogP contribution in [0.5, 0.6) is 0 Å². The highest BCUT2D eigenvalue weighted by molar-refractivity contribution is 4.99. The van der Waals surface area contributed by atoms with Crippen LogP contribution in [0.25, 0.3) is 0 Å². The second kappa shape index (κ2) is 5.78. The van der Waals surface area contributed by atoms with E-state index >= 15 is 0 Å². The monoisotopic (exact) mass is 262 g/mol. The highest BCUT2D eigenvalue weighted by atomic mass is 15.2. The number of hydrogen-bond acceptors (Lipinski definition) is 4. The molecular formula is C15H26N4. The SMILES string of the molecule is CN1CCCC2CN(CC(C#N)NC3CC3)CCC21. The Morgan fingerprint density at radius 3 is 2.84 bits per heavy atom. The largest absolute Gasteiger partial charge is 0.303 e. The Bertz CT molecular complexity index is 347. The number of piperidine rings is 2. The first kappa shape index (κ1) is 13.4. The molecule has 3 atom stereocenters. The van der Waals surface area contributed by atoms with Crippen LogP contribution >= 0.6 is 0 Å². The van der Waals surface area contributed by atoms with Gasteiger partial charge in [-0.2, -0.15) is 5.26 Å². The first-order chi connectivity index (χ1) is 9.26. The molecule has 3 unspecified atom stereocenters. The van der Waals surface area contributed by atoms with Crippen LogP contribution in [0.3, 0.4) is 0 Å². The maximum Gasteiger partial charge on any atom is 0.108 e. The summed E-state index contributed by atoms with van der Waals surface area (Å²) in [7, 11) is 2.28. The summed E-state index contributed by atoms with van der Waals surface area (Å²) in [6, 6.07) is 3.89. The van der Waals surface area contributed by atoms with Gasteiger partial charge in [-0.15, -0.1) is 0 Å². The molecule has 0 bridgehead atoms. The molecular weight excluding hydrogens is 236 g/mol. The van der Waals surface area contributed by atoms with E-state index in [1.54, 1.807) is 0 Å². The van der Waals surface area contributed by atoms with Gasteiger partial charge in [-0.1, -0.05) is 0 Å². The third-order valence-corrected chi connectivity index (χ3v) is 5.04.